The summed E-state index contributed by atoms with van der Waals surface area (Å²) in [6, 6.07) is 17.2. The smallest absolute Gasteiger partial charge is 0.253 e. The van der Waals surface area contributed by atoms with Gasteiger partial charge in [-0.3, -0.25) is 9.69 Å². The molecule has 1 aliphatic heterocycles. The van der Waals surface area contributed by atoms with Crippen LogP contribution in [0.1, 0.15) is 29.8 Å². The standard InChI is InChI=1S/C23H27N3O/c1-17(2)24-12-14-25(15-13-24)23(27)20-6-9-22-19(16-20)10-11-26(22)21-7-4-18(3)5-8-21/h4-11,16-17H,12-15H2,1-3H3. The van der Waals surface area contributed by atoms with Crippen LogP contribution in [0.15, 0.2) is 54.7 Å². The maximum Gasteiger partial charge on any atom is 0.253 e. The van der Waals surface area contributed by atoms with Crippen LogP contribution in [0.4, 0.5) is 0 Å². The van der Waals surface area contributed by atoms with Gasteiger partial charge >= 0.3 is 0 Å². The Hall–Kier alpha value is -2.59. The summed E-state index contributed by atoms with van der Waals surface area (Å²) in [6.07, 6.45) is 2.07. The van der Waals surface area contributed by atoms with Gasteiger partial charge in [-0.25, -0.2) is 0 Å². The van der Waals surface area contributed by atoms with Gasteiger partial charge in [-0.15, -0.1) is 0 Å². The molecule has 0 aliphatic carbocycles. The minimum absolute atomic E-state index is 0.142. The first kappa shape index (κ1) is 17.8. The SMILES string of the molecule is Cc1ccc(-n2ccc3cc(C(=O)N4CCN(C(C)C)CC4)ccc32)cc1. The molecule has 0 spiro atoms. The second-order valence-electron chi connectivity index (χ2n) is 7.72. The topological polar surface area (TPSA) is 28.5 Å². The van der Waals surface area contributed by atoms with Gasteiger partial charge < -0.3 is 9.47 Å². The van der Waals surface area contributed by atoms with Gasteiger partial charge in [-0.05, 0) is 57.2 Å². The molecule has 4 nitrogen and oxygen atoms in total. The number of carbonyl (C=O) groups excluding carboxylic acids is 1. The van der Waals surface area contributed by atoms with Crippen molar-refractivity contribution < 1.29 is 4.79 Å². The zero-order valence-electron chi connectivity index (χ0n) is 16.4. The molecule has 0 N–H and O–H groups in total. The van der Waals surface area contributed by atoms with E-state index in [1.165, 1.54) is 5.56 Å². The molecule has 1 aromatic heterocycles. The zero-order valence-corrected chi connectivity index (χ0v) is 16.4. The number of fused-ring (bicyclic) bond motifs is 1. The summed E-state index contributed by atoms with van der Waals surface area (Å²) >= 11 is 0. The Morgan fingerprint density at radius 2 is 1.63 bits per heavy atom. The molecule has 140 valence electrons. The number of carbonyl (C=O) groups is 1. The van der Waals surface area contributed by atoms with Crippen LogP contribution < -0.4 is 0 Å². The Morgan fingerprint density at radius 3 is 2.30 bits per heavy atom. The number of aromatic nitrogens is 1. The summed E-state index contributed by atoms with van der Waals surface area (Å²) < 4.78 is 2.17. The van der Waals surface area contributed by atoms with Crippen LogP contribution in [0.5, 0.6) is 0 Å². The maximum absolute atomic E-state index is 12.9. The first-order valence-electron chi connectivity index (χ1n) is 9.74. The normalized spacial score (nSPS) is 15.6. The van der Waals surface area contributed by atoms with E-state index in [-0.39, 0.29) is 5.91 Å². The van der Waals surface area contributed by atoms with Gasteiger partial charge in [0.1, 0.15) is 0 Å². The molecule has 2 heterocycles. The van der Waals surface area contributed by atoms with Crippen molar-refractivity contribution in [2.24, 2.45) is 0 Å². The lowest BCUT2D eigenvalue weighted by atomic mass is 10.1. The number of rotatable bonds is 3. The Kier molecular flexibility index (Phi) is 4.75. The molecule has 1 amide bonds. The van der Waals surface area contributed by atoms with Crippen molar-refractivity contribution in [3.63, 3.8) is 0 Å². The average Bonchev–Trinajstić information content (AvgIpc) is 3.11. The fourth-order valence-corrected chi connectivity index (χ4v) is 3.83. The van der Waals surface area contributed by atoms with E-state index in [0.717, 1.165) is 48.3 Å². The largest absolute Gasteiger partial charge is 0.336 e. The molecule has 1 fully saturated rings. The summed E-state index contributed by atoms with van der Waals surface area (Å²) in [5.74, 6) is 0.142. The van der Waals surface area contributed by atoms with Crippen LogP contribution in [-0.2, 0) is 0 Å². The predicted octanol–water partition coefficient (Wildman–Crippen LogP) is 4.11. The lowest BCUT2D eigenvalue weighted by Gasteiger charge is -2.37. The molecule has 2 aromatic carbocycles. The Morgan fingerprint density at radius 1 is 0.926 bits per heavy atom. The first-order chi connectivity index (χ1) is 13.0. The Bertz CT molecular complexity index is 947. The zero-order chi connectivity index (χ0) is 19.0. The second-order valence-corrected chi connectivity index (χ2v) is 7.72. The molecule has 0 bridgehead atoms. The molecule has 0 atom stereocenters. The average molecular weight is 361 g/mol. The molecule has 0 radical (unpaired) electrons. The van der Waals surface area contributed by atoms with Crippen LogP contribution in [-0.4, -0.2) is 52.5 Å². The summed E-state index contributed by atoms with van der Waals surface area (Å²) in [5.41, 5.74) is 4.29. The van der Waals surface area contributed by atoms with Gasteiger partial charge in [0.15, 0.2) is 0 Å². The highest BCUT2D eigenvalue weighted by Gasteiger charge is 2.23. The van der Waals surface area contributed by atoms with E-state index in [4.69, 9.17) is 0 Å². The van der Waals surface area contributed by atoms with E-state index in [2.05, 4.69) is 72.8 Å². The number of amides is 1. The quantitative estimate of drug-likeness (QED) is 0.702. The maximum atomic E-state index is 12.9. The van der Waals surface area contributed by atoms with Crippen molar-refractivity contribution in [1.29, 1.82) is 0 Å². The molecular formula is C23H27N3O. The number of nitrogens with zero attached hydrogens (tertiary/aromatic N) is 3. The highest BCUT2D eigenvalue weighted by Crippen LogP contribution is 2.23. The molecule has 0 unspecified atom stereocenters. The van der Waals surface area contributed by atoms with Gasteiger partial charge in [0.05, 0.1) is 5.52 Å². The summed E-state index contributed by atoms with van der Waals surface area (Å²) in [5, 5.41) is 1.10. The third-order valence-electron chi connectivity index (χ3n) is 5.58. The van der Waals surface area contributed by atoms with E-state index in [1.54, 1.807) is 0 Å². The van der Waals surface area contributed by atoms with Crippen LogP contribution in [0.25, 0.3) is 16.6 Å². The van der Waals surface area contributed by atoms with Crippen molar-refractivity contribution in [2.75, 3.05) is 26.2 Å². The van der Waals surface area contributed by atoms with Crippen molar-refractivity contribution in [3.05, 3.63) is 65.9 Å². The van der Waals surface area contributed by atoms with Crippen molar-refractivity contribution in [1.82, 2.24) is 14.4 Å². The molecule has 4 heteroatoms. The lowest BCUT2D eigenvalue weighted by molar-refractivity contribution is 0.0595. The number of hydrogen-bond donors (Lipinski definition) is 0. The van der Waals surface area contributed by atoms with Crippen LogP contribution in [0.3, 0.4) is 0 Å². The number of piperazine rings is 1. The van der Waals surface area contributed by atoms with Crippen molar-refractivity contribution in [2.45, 2.75) is 26.8 Å². The number of hydrogen-bond acceptors (Lipinski definition) is 2. The van der Waals surface area contributed by atoms with E-state index < -0.39 is 0 Å². The second kappa shape index (κ2) is 7.20. The van der Waals surface area contributed by atoms with Crippen molar-refractivity contribution >= 4 is 16.8 Å². The predicted molar refractivity (Wildman–Crippen MR) is 111 cm³/mol. The number of benzene rings is 2. The highest BCUT2D eigenvalue weighted by molar-refractivity contribution is 5.98. The van der Waals surface area contributed by atoms with E-state index in [1.807, 2.05) is 17.0 Å². The van der Waals surface area contributed by atoms with E-state index in [0.29, 0.717) is 6.04 Å². The minimum atomic E-state index is 0.142. The molecule has 1 saturated heterocycles. The van der Waals surface area contributed by atoms with Gasteiger partial charge in [-0.1, -0.05) is 17.7 Å². The van der Waals surface area contributed by atoms with Crippen LogP contribution >= 0.6 is 0 Å². The summed E-state index contributed by atoms with van der Waals surface area (Å²) in [7, 11) is 0. The monoisotopic (exact) mass is 361 g/mol. The molecule has 1 aliphatic rings. The lowest BCUT2D eigenvalue weighted by Crippen LogP contribution is -2.50. The highest BCUT2D eigenvalue weighted by atomic mass is 16.2. The third kappa shape index (κ3) is 3.50. The van der Waals surface area contributed by atoms with E-state index >= 15 is 0 Å². The fraction of sp³-hybridized carbons (Fsp3) is 0.348. The van der Waals surface area contributed by atoms with Gasteiger partial charge in [0.25, 0.3) is 5.91 Å². The third-order valence-corrected chi connectivity index (χ3v) is 5.58. The number of aryl methyl sites for hydroxylation is 1. The Labute approximate surface area is 161 Å². The molecule has 27 heavy (non-hydrogen) atoms. The summed E-state index contributed by atoms with van der Waals surface area (Å²) in [4.78, 5) is 17.3. The Balaban J connectivity index is 1.56. The first-order valence-corrected chi connectivity index (χ1v) is 9.74. The molecule has 4 rings (SSSR count). The molecular weight excluding hydrogens is 334 g/mol. The van der Waals surface area contributed by atoms with E-state index in [9.17, 15) is 4.79 Å². The minimum Gasteiger partial charge on any atom is -0.336 e. The van der Waals surface area contributed by atoms with Crippen LogP contribution in [0, 0.1) is 6.92 Å². The summed E-state index contributed by atoms with van der Waals surface area (Å²) in [6.45, 7) is 10.0. The molecule has 3 aromatic rings. The van der Waals surface area contributed by atoms with Gasteiger partial charge in [0.2, 0.25) is 0 Å². The van der Waals surface area contributed by atoms with Crippen LogP contribution in [0.2, 0.25) is 0 Å². The van der Waals surface area contributed by atoms with Gasteiger partial charge in [-0.2, -0.15) is 0 Å². The molecule has 0 saturated carbocycles. The van der Waals surface area contributed by atoms with Gasteiger partial charge in [0, 0.05) is 55.1 Å². The van der Waals surface area contributed by atoms with Crippen molar-refractivity contribution in [3.8, 4) is 5.69 Å². The fourth-order valence-electron chi connectivity index (χ4n) is 3.83.